The van der Waals surface area contributed by atoms with E-state index in [0.717, 1.165) is 15.9 Å². The van der Waals surface area contributed by atoms with Crippen LogP contribution >= 0.6 is 39.1 Å². The van der Waals surface area contributed by atoms with Crippen LogP contribution in [0.3, 0.4) is 0 Å². The van der Waals surface area contributed by atoms with Crippen molar-refractivity contribution in [2.24, 2.45) is 0 Å². The molecular weight excluding hydrogens is 635 g/mol. The van der Waals surface area contributed by atoms with Crippen molar-refractivity contribution in [2.45, 2.75) is 13.5 Å². The topological polar surface area (TPSA) is 105 Å². The predicted molar refractivity (Wildman–Crippen MR) is 163 cm³/mol. The number of carbonyl (C=O) groups is 2. The molecule has 0 fully saturated rings. The summed E-state index contributed by atoms with van der Waals surface area (Å²) in [5.74, 6) is 0.350. The van der Waals surface area contributed by atoms with Crippen molar-refractivity contribution in [3.8, 4) is 11.5 Å². The number of aliphatic hydroxyl groups excluding tert-OH is 1. The Balaban J connectivity index is 1.37. The highest BCUT2D eigenvalue weighted by atomic mass is 79.9. The van der Waals surface area contributed by atoms with Crippen LogP contribution in [-0.4, -0.2) is 53.1 Å². The summed E-state index contributed by atoms with van der Waals surface area (Å²) in [6.45, 7) is 1.83. The molecule has 0 radical (unpaired) electrons. The van der Waals surface area contributed by atoms with Gasteiger partial charge in [0.15, 0.2) is 11.4 Å². The van der Waals surface area contributed by atoms with Crippen LogP contribution in [0.4, 0.5) is 5.69 Å². The number of imidazole rings is 1. The van der Waals surface area contributed by atoms with Gasteiger partial charge in [-0.25, -0.2) is 4.98 Å². The number of hydrogen-bond acceptors (Lipinski definition) is 6. The molecule has 0 aliphatic heterocycles. The monoisotopic (exact) mass is 660 g/mol. The Hall–Kier alpha value is -3.57. The first-order chi connectivity index (χ1) is 19.7. The molecule has 214 valence electrons. The minimum Gasteiger partial charge on any atom is -0.491 e. The van der Waals surface area contributed by atoms with Gasteiger partial charge in [0, 0.05) is 29.9 Å². The lowest BCUT2D eigenvalue weighted by molar-refractivity contribution is -0.122. The lowest BCUT2D eigenvalue weighted by Gasteiger charge is -2.21. The second kappa shape index (κ2) is 13.9. The highest BCUT2D eigenvalue weighted by molar-refractivity contribution is 9.10. The lowest BCUT2D eigenvalue weighted by Crippen LogP contribution is -2.37. The number of aryl methyl sites for hydroxylation is 1. The van der Waals surface area contributed by atoms with Crippen molar-refractivity contribution in [1.29, 1.82) is 0 Å². The van der Waals surface area contributed by atoms with Gasteiger partial charge in [0.05, 0.1) is 29.6 Å². The molecule has 0 bridgehead atoms. The third kappa shape index (κ3) is 7.39. The summed E-state index contributed by atoms with van der Waals surface area (Å²) in [6, 6.07) is 13.9. The first-order valence-corrected chi connectivity index (χ1v) is 14.0. The van der Waals surface area contributed by atoms with Crippen LogP contribution in [0.2, 0.25) is 10.0 Å². The van der Waals surface area contributed by atoms with E-state index in [1.54, 1.807) is 55.6 Å². The van der Waals surface area contributed by atoms with E-state index in [9.17, 15) is 9.59 Å². The van der Waals surface area contributed by atoms with E-state index >= 15 is 0 Å². The number of amides is 2. The number of likely N-dealkylation sites (N-methyl/N-ethyl adjacent to an activating group) is 1. The molecule has 9 nitrogen and oxygen atoms in total. The normalized spacial score (nSPS) is 11.2. The van der Waals surface area contributed by atoms with Gasteiger partial charge in [-0.3, -0.25) is 14.0 Å². The van der Waals surface area contributed by atoms with Crippen molar-refractivity contribution < 1.29 is 24.2 Å². The van der Waals surface area contributed by atoms with Crippen LogP contribution in [0.5, 0.6) is 11.5 Å². The summed E-state index contributed by atoms with van der Waals surface area (Å²) in [5.41, 5.74) is 3.16. The molecule has 0 atom stereocenters. The number of rotatable bonds is 11. The highest BCUT2D eigenvalue weighted by Gasteiger charge is 2.19. The molecule has 41 heavy (non-hydrogen) atoms. The number of nitrogens with zero attached hydrogens (tertiary/aromatic N) is 3. The molecule has 0 aliphatic carbocycles. The first kappa shape index (κ1) is 30.4. The lowest BCUT2D eigenvalue weighted by atomic mass is 10.2. The average molecular weight is 662 g/mol. The van der Waals surface area contributed by atoms with Gasteiger partial charge in [0.2, 0.25) is 11.8 Å². The number of fused-ring (bicyclic) bond motifs is 1. The fourth-order valence-corrected chi connectivity index (χ4v) is 4.83. The summed E-state index contributed by atoms with van der Waals surface area (Å²) in [5, 5.41) is 12.1. The van der Waals surface area contributed by atoms with Crippen LogP contribution in [-0.2, 0) is 16.2 Å². The number of nitrogens with one attached hydrogen (secondary N) is 1. The molecule has 0 saturated heterocycles. The molecular formula is C29H27BrCl2N4O5. The van der Waals surface area contributed by atoms with Gasteiger partial charge in [-0.2, -0.15) is 0 Å². The number of hydrogen-bond donors (Lipinski definition) is 2. The minimum atomic E-state index is -0.432. The number of halogens is 3. The molecule has 4 rings (SSSR count). The summed E-state index contributed by atoms with van der Waals surface area (Å²) >= 11 is 16.6. The van der Waals surface area contributed by atoms with E-state index in [1.165, 1.54) is 11.0 Å². The number of benzene rings is 2. The molecule has 0 saturated carbocycles. The summed E-state index contributed by atoms with van der Waals surface area (Å²) in [6.07, 6.45) is 4.82. The van der Waals surface area contributed by atoms with E-state index < -0.39 is 5.91 Å². The zero-order valence-electron chi connectivity index (χ0n) is 22.2. The van der Waals surface area contributed by atoms with E-state index in [1.807, 2.05) is 23.6 Å². The average Bonchev–Trinajstić information content (AvgIpc) is 3.27. The molecule has 0 unspecified atom stereocenters. The van der Waals surface area contributed by atoms with E-state index in [0.29, 0.717) is 33.4 Å². The minimum absolute atomic E-state index is 0.0484. The predicted octanol–water partition coefficient (Wildman–Crippen LogP) is 5.45. The second-order valence-corrected chi connectivity index (χ2v) is 10.4. The Morgan fingerprint density at radius 2 is 1.90 bits per heavy atom. The molecule has 2 amide bonds. The third-order valence-corrected chi connectivity index (χ3v) is 7.80. The Bertz CT molecular complexity index is 1590. The third-order valence-electron chi connectivity index (χ3n) is 6.07. The van der Waals surface area contributed by atoms with Gasteiger partial charge in [-0.15, -0.1) is 0 Å². The molecule has 4 aromatic rings. The van der Waals surface area contributed by atoms with Gasteiger partial charge in [-0.05, 0) is 70.9 Å². The molecule has 0 spiro atoms. The van der Waals surface area contributed by atoms with Gasteiger partial charge >= 0.3 is 0 Å². The molecule has 2 heterocycles. The van der Waals surface area contributed by atoms with Crippen molar-refractivity contribution in [1.82, 2.24) is 14.7 Å². The molecule has 0 aliphatic rings. The number of ether oxygens (including phenoxy) is 2. The van der Waals surface area contributed by atoms with Gasteiger partial charge in [0.1, 0.15) is 23.6 Å². The van der Waals surface area contributed by atoms with Gasteiger partial charge < -0.3 is 24.8 Å². The van der Waals surface area contributed by atoms with Crippen LogP contribution in [0, 0.1) is 6.92 Å². The standard InChI is InChI=1S/C29H27BrCl2N4O5/c1-18-28(30)36-13-3-4-24(29(36)34-18)41-17-21-22(31)10-11-23(27(21)32)35(2)26(39)16-33-25(38)12-7-19-5-8-20(9-6-19)40-15-14-37/h3-13,37H,14-17H2,1-2H3,(H,33,38)/b12-7+. The number of carbonyl (C=O) groups excluding carboxylic acids is 2. The summed E-state index contributed by atoms with van der Waals surface area (Å²) < 4.78 is 14.0. The number of pyridine rings is 1. The highest BCUT2D eigenvalue weighted by Crippen LogP contribution is 2.35. The molecule has 2 N–H and O–H groups in total. The van der Waals surface area contributed by atoms with Crippen molar-refractivity contribution in [2.75, 3.05) is 31.7 Å². The number of anilines is 1. The molecule has 2 aromatic heterocycles. The van der Waals surface area contributed by atoms with Crippen LogP contribution < -0.4 is 19.7 Å². The van der Waals surface area contributed by atoms with Gasteiger partial charge in [0.25, 0.3) is 0 Å². The van der Waals surface area contributed by atoms with Crippen LogP contribution in [0.25, 0.3) is 11.7 Å². The van der Waals surface area contributed by atoms with Crippen LogP contribution in [0.15, 0.2) is 65.4 Å². The fraction of sp³-hybridized carbons (Fsp3) is 0.207. The maximum Gasteiger partial charge on any atom is 0.246 e. The van der Waals surface area contributed by atoms with Crippen LogP contribution in [0.1, 0.15) is 16.8 Å². The summed E-state index contributed by atoms with van der Waals surface area (Å²) in [7, 11) is 1.57. The van der Waals surface area contributed by atoms with E-state index in [2.05, 4.69) is 26.2 Å². The van der Waals surface area contributed by atoms with Gasteiger partial charge in [-0.1, -0.05) is 35.3 Å². The fourth-order valence-electron chi connectivity index (χ4n) is 3.85. The Kier molecular flexibility index (Phi) is 10.3. The quantitative estimate of drug-likeness (QED) is 0.207. The molecule has 2 aromatic carbocycles. The summed E-state index contributed by atoms with van der Waals surface area (Å²) in [4.78, 5) is 31.1. The number of aromatic nitrogens is 2. The van der Waals surface area contributed by atoms with Crippen molar-refractivity contribution in [3.05, 3.63) is 92.3 Å². The maximum absolute atomic E-state index is 12.9. The first-order valence-electron chi connectivity index (χ1n) is 12.5. The SMILES string of the molecule is Cc1nc2c(OCc3c(Cl)ccc(N(C)C(=O)CNC(=O)/C=C/c4ccc(OCCO)cc4)c3Cl)cccn2c1Br. The van der Waals surface area contributed by atoms with E-state index in [4.69, 9.17) is 37.8 Å². The Morgan fingerprint density at radius 1 is 1.15 bits per heavy atom. The zero-order chi connectivity index (χ0) is 29.5. The largest absolute Gasteiger partial charge is 0.491 e. The van der Waals surface area contributed by atoms with E-state index in [-0.39, 0.29) is 37.3 Å². The number of aliphatic hydroxyl groups is 1. The van der Waals surface area contributed by atoms with Crippen molar-refractivity contribution in [3.63, 3.8) is 0 Å². The molecule has 12 heteroatoms. The Morgan fingerprint density at radius 3 is 2.63 bits per heavy atom. The Labute approximate surface area is 255 Å². The maximum atomic E-state index is 12.9. The van der Waals surface area contributed by atoms with Crippen molar-refractivity contribution >= 4 is 68.4 Å². The smallest absolute Gasteiger partial charge is 0.246 e. The zero-order valence-corrected chi connectivity index (χ0v) is 25.3. The second-order valence-electron chi connectivity index (χ2n) is 8.85.